The number of aromatic amines is 1. The van der Waals surface area contributed by atoms with Crippen LogP contribution in [0.5, 0.6) is 0 Å². The highest BCUT2D eigenvalue weighted by molar-refractivity contribution is 9.10. The summed E-state index contributed by atoms with van der Waals surface area (Å²) in [5.74, 6) is -0.401. The standard InChI is InChI=1S/C13H8BrN3O2.C2H6/c14-8-3-1-7(2-4-8)11-16-10-9(13(18)19)5-6-15-12(10)17-11;1-2/h1-6H,(H,18,19)(H,15,16,17);1-2H3. The molecule has 3 rings (SSSR count). The average molecular weight is 348 g/mol. The van der Waals surface area contributed by atoms with Gasteiger partial charge in [0.05, 0.1) is 11.1 Å². The number of carbonyl (C=O) groups is 1. The molecule has 2 N–H and O–H groups in total. The summed E-state index contributed by atoms with van der Waals surface area (Å²) in [6.45, 7) is 4.00. The zero-order chi connectivity index (χ0) is 15.4. The molecule has 0 atom stereocenters. The lowest BCUT2D eigenvalue weighted by molar-refractivity contribution is 0.0698. The lowest BCUT2D eigenvalue weighted by atomic mass is 10.2. The summed E-state index contributed by atoms with van der Waals surface area (Å²) >= 11 is 3.36. The van der Waals surface area contributed by atoms with E-state index in [2.05, 4.69) is 30.9 Å². The van der Waals surface area contributed by atoms with Crippen molar-refractivity contribution in [3.05, 3.63) is 46.6 Å². The smallest absolute Gasteiger partial charge is 0.338 e. The first-order valence-corrected chi connectivity index (χ1v) is 7.28. The van der Waals surface area contributed by atoms with Crippen LogP contribution >= 0.6 is 15.9 Å². The lowest BCUT2D eigenvalue weighted by Gasteiger charge is -1.96. The van der Waals surface area contributed by atoms with Crippen molar-refractivity contribution >= 4 is 33.1 Å². The first-order valence-electron chi connectivity index (χ1n) is 6.49. The van der Waals surface area contributed by atoms with Gasteiger partial charge in [0, 0.05) is 16.2 Å². The second kappa shape index (κ2) is 6.49. The van der Waals surface area contributed by atoms with Crippen molar-refractivity contribution in [2.75, 3.05) is 0 Å². The molecule has 0 bridgehead atoms. The molecule has 6 heteroatoms. The number of aromatic carboxylic acids is 1. The molecular formula is C15H14BrN3O2. The second-order valence-corrected chi connectivity index (χ2v) is 4.87. The molecule has 0 fully saturated rings. The fourth-order valence-electron chi connectivity index (χ4n) is 1.83. The Morgan fingerprint density at radius 2 is 1.86 bits per heavy atom. The van der Waals surface area contributed by atoms with E-state index in [1.807, 2.05) is 38.1 Å². The summed E-state index contributed by atoms with van der Waals surface area (Å²) in [4.78, 5) is 22.5. The number of fused-ring (bicyclic) bond motifs is 1. The van der Waals surface area contributed by atoms with E-state index in [9.17, 15) is 4.79 Å². The number of nitrogens with zero attached hydrogens (tertiary/aromatic N) is 2. The number of H-pyrrole nitrogens is 1. The van der Waals surface area contributed by atoms with Gasteiger partial charge in [0.15, 0.2) is 5.65 Å². The minimum Gasteiger partial charge on any atom is -0.478 e. The topological polar surface area (TPSA) is 78.9 Å². The fraction of sp³-hybridized carbons (Fsp3) is 0.133. The van der Waals surface area contributed by atoms with E-state index in [-0.39, 0.29) is 5.56 Å². The molecule has 0 saturated carbocycles. The number of pyridine rings is 1. The maximum Gasteiger partial charge on any atom is 0.338 e. The summed E-state index contributed by atoms with van der Waals surface area (Å²) in [5, 5.41) is 9.12. The third-order valence-corrected chi connectivity index (χ3v) is 3.27. The molecule has 0 amide bonds. The van der Waals surface area contributed by atoms with Gasteiger partial charge >= 0.3 is 5.97 Å². The number of nitrogens with one attached hydrogen (secondary N) is 1. The summed E-state index contributed by atoms with van der Waals surface area (Å²) in [6.07, 6.45) is 1.44. The number of aromatic nitrogens is 3. The van der Waals surface area contributed by atoms with E-state index in [1.54, 1.807) is 0 Å². The van der Waals surface area contributed by atoms with Gasteiger partial charge in [0.25, 0.3) is 0 Å². The highest BCUT2D eigenvalue weighted by Gasteiger charge is 2.13. The number of carboxylic acids is 1. The Balaban J connectivity index is 0.000000774. The molecule has 3 aromatic rings. The normalized spacial score (nSPS) is 10.0. The van der Waals surface area contributed by atoms with Crippen molar-refractivity contribution < 1.29 is 9.90 Å². The Kier molecular flexibility index (Phi) is 4.70. The fourth-order valence-corrected chi connectivity index (χ4v) is 2.10. The minimum atomic E-state index is -1.00. The van der Waals surface area contributed by atoms with Gasteiger partial charge in [-0.25, -0.2) is 14.8 Å². The van der Waals surface area contributed by atoms with E-state index in [0.29, 0.717) is 17.0 Å². The summed E-state index contributed by atoms with van der Waals surface area (Å²) < 4.78 is 0.969. The van der Waals surface area contributed by atoms with Crippen LogP contribution in [0, 0.1) is 0 Å². The quantitative estimate of drug-likeness (QED) is 0.730. The van der Waals surface area contributed by atoms with Crippen LogP contribution in [0.3, 0.4) is 0 Å². The van der Waals surface area contributed by atoms with Crippen LogP contribution < -0.4 is 0 Å². The highest BCUT2D eigenvalue weighted by Crippen LogP contribution is 2.23. The Bertz CT molecular complexity index is 766. The van der Waals surface area contributed by atoms with Crippen LogP contribution in [0.2, 0.25) is 0 Å². The molecular weight excluding hydrogens is 334 g/mol. The molecule has 0 unspecified atom stereocenters. The number of halogens is 1. The largest absolute Gasteiger partial charge is 0.478 e. The van der Waals surface area contributed by atoms with Gasteiger partial charge in [-0.3, -0.25) is 0 Å². The molecule has 0 radical (unpaired) electrons. The van der Waals surface area contributed by atoms with Crippen LogP contribution in [-0.4, -0.2) is 26.0 Å². The van der Waals surface area contributed by atoms with Gasteiger partial charge in [-0.1, -0.05) is 41.9 Å². The molecule has 2 aromatic heterocycles. The molecule has 0 spiro atoms. The molecule has 5 nitrogen and oxygen atoms in total. The van der Waals surface area contributed by atoms with Gasteiger partial charge in [0.1, 0.15) is 5.82 Å². The molecule has 1 aromatic carbocycles. The number of imidazole rings is 1. The second-order valence-electron chi connectivity index (χ2n) is 3.95. The Morgan fingerprint density at radius 1 is 1.19 bits per heavy atom. The van der Waals surface area contributed by atoms with Crippen molar-refractivity contribution in [1.82, 2.24) is 15.0 Å². The molecule has 2 heterocycles. The van der Waals surface area contributed by atoms with Crippen molar-refractivity contribution in [2.45, 2.75) is 13.8 Å². The first-order chi connectivity index (χ1) is 10.1. The van der Waals surface area contributed by atoms with Gasteiger partial charge in [0.2, 0.25) is 0 Å². The molecule has 0 aliphatic rings. The number of benzene rings is 1. The van der Waals surface area contributed by atoms with E-state index in [0.717, 1.165) is 10.0 Å². The zero-order valence-corrected chi connectivity index (χ0v) is 13.2. The van der Waals surface area contributed by atoms with Crippen molar-refractivity contribution in [3.63, 3.8) is 0 Å². The molecule has 0 aliphatic carbocycles. The Hall–Kier alpha value is -2.21. The summed E-state index contributed by atoms with van der Waals surface area (Å²) in [6, 6.07) is 9.03. The van der Waals surface area contributed by atoms with E-state index < -0.39 is 5.97 Å². The molecule has 0 saturated heterocycles. The van der Waals surface area contributed by atoms with E-state index >= 15 is 0 Å². The first kappa shape index (κ1) is 15.2. The van der Waals surface area contributed by atoms with Crippen molar-refractivity contribution in [3.8, 4) is 11.4 Å². The summed E-state index contributed by atoms with van der Waals surface area (Å²) in [7, 11) is 0. The molecule has 21 heavy (non-hydrogen) atoms. The Morgan fingerprint density at radius 3 is 2.48 bits per heavy atom. The van der Waals surface area contributed by atoms with Crippen LogP contribution in [0.15, 0.2) is 41.0 Å². The SMILES string of the molecule is CC.O=C(O)c1ccnc2nc(-c3ccc(Br)cc3)[nH]c12. The van der Waals surface area contributed by atoms with Gasteiger partial charge in [-0.15, -0.1) is 0 Å². The van der Waals surface area contributed by atoms with Gasteiger partial charge in [-0.05, 0) is 18.2 Å². The predicted octanol–water partition coefficient (Wildman–Crippen LogP) is 4.11. The van der Waals surface area contributed by atoms with E-state index in [1.165, 1.54) is 12.3 Å². The predicted molar refractivity (Wildman–Crippen MR) is 85.3 cm³/mol. The van der Waals surface area contributed by atoms with Crippen molar-refractivity contribution in [2.24, 2.45) is 0 Å². The number of carboxylic acid groups (broad SMARTS) is 1. The monoisotopic (exact) mass is 347 g/mol. The van der Waals surface area contributed by atoms with Crippen LogP contribution in [0.4, 0.5) is 0 Å². The van der Waals surface area contributed by atoms with Gasteiger partial charge < -0.3 is 10.1 Å². The maximum atomic E-state index is 11.1. The lowest BCUT2D eigenvalue weighted by Crippen LogP contribution is -1.97. The average Bonchev–Trinajstić information content (AvgIpc) is 2.93. The van der Waals surface area contributed by atoms with Crippen LogP contribution in [0.25, 0.3) is 22.6 Å². The number of rotatable bonds is 2. The molecule has 108 valence electrons. The highest BCUT2D eigenvalue weighted by atomic mass is 79.9. The Labute approximate surface area is 130 Å². The third-order valence-electron chi connectivity index (χ3n) is 2.74. The number of hydrogen-bond acceptors (Lipinski definition) is 3. The minimum absolute atomic E-state index is 0.167. The zero-order valence-electron chi connectivity index (χ0n) is 11.6. The molecule has 0 aliphatic heterocycles. The van der Waals surface area contributed by atoms with Crippen LogP contribution in [0.1, 0.15) is 24.2 Å². The third kappa shape index (κ3) is 3.11. The van der Waals surface area contributed by atoms with Crippen molar-refractivity contribution in [1.29, 1.82) is 0 Å². The maximum absolute atomic E-state index is 11.1. The summed E-state index contributed by atoms with van der Waals surface area (Å²) in [5.41, 5.74) is 1.88. The van der Waals surface area contributed by atoms with E-state index in [4.69, 9.17) is 5.11 Å². The van der Waals surface area contributed by atoms with Crippen LogP contribution in [-0.2, 0) is 0 Å². The number of hydrogen-bond donors (Lipinski definition) is 2. The van der Waals surface area contributed by atoms with Gasteiger partial charge in [-0.2, -0.15) is 0 Å².